The van der Waals surface area contributed by atoms with Gasteiger partial charge in [0, 0.05) is 6.54 Å². The monoisotopic (exact) mass is 233 g/mol. The summed E-state index contributed by atoms with van der Waals surface area (Å²) in [5.74, 6) is -0.323. The lowest BCUT2D eigenvalue weighted by Crippen LogP contribution is -2.71. The summed E-state index contributed by atoms with van der Waals surface area (Å²) in [6, 6.07) is 8.79. The number of nitrogens with one attached hydrogen (secondary N) is 2. The van der Waals surface area contributed by atoms with E-state index in [9.17, 15) is 9.59 Å². The third-order valence-electron chi connectivity index (χ3n) is 2.79. The molecule has 1 aromatic rings. The number of amides is 2. The van der Waals surface area contributed by atoms with E-state index >= 15 is 0 Å². The van der Waals surface area contributed by atoms with E-state index in [1.807, 2.05) is 30.3 Å². The molecule has 2 rings (SSSR count). The van der Waals surface area contributed by atoms with Gasteiger partial charge in [-0.1, -0.05) is 30.3 Å². The molecule has 5 heteroatoms. The van der Waals surface area contributed by atoms with Crippen LogP contribution < -0.4 is 16.4 Å². The molecule has 1 aromatic carbocycles. The van der Waals surface area contributed by atoms with Gasteiger partial charge in [-0.25, -0.2) is 0 Å². The maximum atomic E-state index is 11.7. The first kappa shape index (κ1) is 11.6. The van der Waals surface area contributed by atoms with Crippen molar-refractivity contribution in [3.05, 3.63) is 35.9 Å². The van der Waals surface area contributed by atoms with Gasteiger partial charge in [-0.05, 0) is 5.56 Å². The standard InChI is InChI=1S/C12H15N3O2/c13-7-9-11(12(17)14-9)15-10(16)6-8-4-2-1-3-5-8/h1-5,9,11H,6-7,13H2,(H,14,17)(H,15,16)/t9-,11+/m0/s1. The van der Waals surface area contributed by atoms with Gasteiger partial charge in [0.15, 0.2) is 0 Å². The summed E-state index contributed by atoms with van der Waals surface area (Å²) in [6.45, 7) is 0.335. The van der Waals surface area contributed by atoms with Crippen molar-refractivity contribution in [1.29, 1.82) is 0 Å². The molecular weight excluding hydrogens is 218 g/mol. The normalized spacial score (nSPS) is 22.5. The minimum absolute atomic E-state index is 0.137. The van der Waals surface area contributed by atoms with Crippen LogP contribution in [-0.2, 0) is 16.0 Å². The highest BCUT2D eigenvalue weighted by molar-refractivity contribution is 5.93. The van der Waals surface area contributed by atoms with Gasteiger partial charge in [0.05, 0.1) is 12.5 Å². The molecule has 90 valence electrons. The van der Waals surface area contributed by atoms with E-state index in [1.54, 1.807) is 0 Å². The van der Waals surface area contributed by atoms with Crippen molar-refractivity contribution < 1.29 is 9.59 Å². The molecule has 1 aliphatic heterocycles. The Morgan fingerprint density at radius 3 is 2.65 bits per heavy atom. The van der Waals surface area contributed by atoms with Gasteiger partial charge in [-0.15, -0.1) is 0 Å². The van der Waals surface area contributed by atoms with Crippen molar-refractivity contribution in [2.45, 2.75) is 18.5 Å². The molecule has 0 aromatic heterocycles. The van der Waals surface area contributed by atoms with E-state index in [1.165, 1.54) is 0 Å². The van der Waals surface area contributed by atoms with Gasteiger partial charge in [0.1, 0.15) is 6.04 Å². The first-order valence-corrected chi connectivity index (χ1v) is 5.54. The molecule has 0 bridgehead atoms. The summed E-state index contributed by atoms with van der Waals surface area (Å²) < 4.78 is 0. The van der Waals surface area contributed by atoms with Gasteiger partial charge >= 0.3 is 0 Å². The molecular formula is C12H15N3O2. The Morgan fingerprint density at radius 2 is 2.06 bits per heavy atom. The molecule has 0 saturated carbocycles. The lowest BCUT2D eigenvalue weighted by atomic mass is 9.99. The van der Waals surface area contributed by atoms with Crippen molar-refractivity contribution in [3.8, 4) is 0 Å². The van der Waals surface area contributed by atoms with E-state index in [4.69, 9.17) is 5.73 Å². The SMILES string of the molecule is NC[C@@H]1NC(=O)[C@@H]1NC(=O)Cc1ccccc1. The summed E-state index contributed by atoms with van der Waals surface area (Å²) in [6.07, 6.45) is 0.280. The van der Waals surface area contributed by atoms with Crippen molar-refractivity contribution in [1.82, 2.24) is 10.6 Å². The number of nitrogens with two attached hydrogens (primary N) is 1. The average Bonchev–Trinajstić information content (AvgIpc) is 2.34. The molecule has 1 saturated heterocycles. The lowest BCUT2D eigenvalue weighted by Gasteiger charge is -2.36. The Morgan fingerprint density at radius 1 is 1.35 bits per heavy atom. The van der Waals surface area contributed by atoms with Gasteiger partial charge in [0.25, 0.3) is 0 Å². The number of benzene rings is 1. The zero-order chi connectivity index (χ0) is 12.3. The highest BCUT2D eigenvalue weighted by atomic mass is 16.2. The number of rotatable bonds is 4. The highest BCUT2D eigenvalue weighted by Crippen LogP contribution is 2.06. The van der Waals surface area contributed by atoms with Gasteiger partial charge in [-0.3, -0.25) is 9.59 Å². The van der Waals surface area contributed by atoms with Crippen LogP contribution in [0.15, 0.2) is 30.3 Å². The lowest BCUT2D eigenvalue weighted by molar-refractivity contribution is -0.135. The number of hydrogen-bond acceptors (Lipinski definition) is 3. The van der Waals surface area contributed by atoms with E-state index in [-0.39, 0.29) is 24.3 Å². The molecule has 0 radical (unpaired) electrons. The Kier molecular flexibility index (Phi) is 3.39. The van der Waals surface area contributed by atoms with Crippen molar-refractivity contribution in [3.63, 3.8) is 0 Å². The van der Waals surface area contributed by atoms with E-state index < -0.39 is 6.04 Å². The molecule has 2 atom stereocenters. The van der Waals surface area contributed by atoms with Gasteiger partial charge < -0.3 is 16.4 Å². The number of carbonyl (C=O) groups is 2. The summed E-state index contributed by atoms with van der Waals surface area (Å²) in [4.78, 5) is 22.9. The minimum Gasteiger partial charge on any atom is -0.348 e. The molecule has 0 aliphatic carbocycles. The minimum atomic E-state index is -0.476. The molecule has 1 fully saturated rings. The second-order valence-electron chi connectivity index (χ2n) is 4.06. The Labute approximate surface area is 99.4 Å². The molecule has 1 aliphatic rings. The van der Waals surface area contributed by atoms with Crippen molar-refractivity contribution >= 4 is 11.8 Å². The smallest absolute Gasteiger partial charge is 0.245 e. The van der Waals surface area contributed by atoms with Crippen LogP contribution in [0.3, 0.4) is 0 Å². The van der Waals surface area contributed by atoms with Crippen LogP contribution in [0.25, 0.3) is 0 Å². The zero-order valence-corrected chi connectivity index (χ0v) is 9.35. The molecule has 2 amide bonds. The summed E-state index contributed by atoms with van der Waals surface area (Å²) in [5.41, 5.74) is 6.37. The topological polar surface area (TPSA) is 84.2 Å². The fraction of sp³-hybridized carbons (Fsp3) is 0.333. The maximum Gasteiger partial charge on any atom is 0.245 e. The fourth-order valence-corrected chi connectivity index (χ4v) is 1.81. The summed E-state index contributed by atoms with van der Waals surface area (Å²) in [7, 11) is 0. The fourth-order valence-electron chi connectivity index (χ4n) is 1.81. The molecule has 0 unspecified atom stereocenters. The number of β-lactam (4-membered cyclic amide) rings is 1. The van der Waals surface area contributed by atoms with E-state index in [2.05, 4.69) is 10.6 Å². The van der Waals surface area contributed by atoms with E-state index in [0.717, 1.165) is 5.56 Å². The summed E-state index contributed by atoms with van der Waals surface area (Å²) >= 11 is 0. The summed E-state index contributed by atoms with van der Waals surface area (Å²) in [5, 5.41) is 5.32. The Bertz CT molecular complexity index is 419. The Hall–Kier alpha value is -1.88. The van der Waals surface area contributed by atoms with Crippen LogP contribution in [0, 0.1) is 0 Å². The first-order valence-electron chi connectivity index (χ1n) is 5.54. The van der Waals surface area contributed by atoms with Crippen molar-refractivity contribution in [2.75, 3.05) is 6.54 Å². The highest BCUT2D eigenvalue weighted by Gasteiger charge is 2.39. The second-order valence-corrected chi connectivity index (χ2v) is 4.06. The van der Waals surface area contributed by atoms with Crippen LogP contribution in [0.1, 0.15) is 5.56 Å². The van der Waals surface area contributed by atoms with Crippen LogP contribution in [-0.4, -0.2) is 30.4 Å². The predicted molar refractivity (Wildman–Crippen MR) is 63.1 cm³/mol. The molecule has 4 N–H and O–H groups in total. The van der Waals surface area contributed by atoms with Gasteiger partial charge in [0.2, 0.25) is 11.8 Å². The third-order valence-corrected chi connectivity index (χ3v) is 2.79. The van der Waals surface area contributed by atoms with Crippen LogP contribution in [0.4, 0.5) is 0 Å². The van der Waals surface area contributed by atoms with Crippen LogP contribution >= 0.6 is 0 Å². The molecule has 17 heavy (non-hydrogen) atoms. The van der Waals surface area contributed by atoms with Gasteiger partial charge in [-0.2, -0.15) is 0 Å². The van der Waals surface area contributed by atoms with Crippen molar-refractivity contribution in [2.24, 2.45) is 5.73 Å². The maximum absolute atomic E-state index is 11.7. The Balaban J connectivity index is 1.87. The quantitative estimate of drug-likeness (QED) is 0.593. The molecule has 1 heterocycles. The average molecular weight is 233 g/mol. The third kappa shape index (κ3) is 2.62. The second kappa shape index (κ2) is 4.97. The van der Waals surface area contributed by atoms with Crippen LogP contribution in [0.5, 0.6) is 0 Å². The van der Waals surface area contributed by atoms with Crippen LogP contribution in [0.2, 0.25) is 0 Å². The molecule has 0 spiro atoms. The molecule has 5 nitrogen and oxygen atoms in total. The zero-order valence-electron chi connectivity index (χ0n) is 9.35. The first-order chi connectivity index (χ1) is 8.20. The largest absolute Gasteiger partial charge is 0.348 e. The number of carbonyl (C=O) groups excluding carboxylic acids is 2. The predicted octanol–water partition coefficient (Wildman–Crippen LogP) is -0.829. The van der Waals surface area contributed by atoms with E-state index in [0.29, 0.717) is 6.54 Å². The number of hydrogen-bond donors (Lipinski definition) is 3.